The van der Waals surface area contributed by atoms with Crippen LogP contribution in [0, 0.1) is 11.8 Å². The van der Waals surface area contributed by atoms with Crippen LogP contribution in [0.2, 0.25) is 0 Å². The van der Waals surface area contributed by atoms with E-state index in [-0.39, 0.29) is 48.6 Å². The molecule has 0 bridgehead atoms. The molecule has 4 atom stereocenters. The molecule has 0 radical (unpaired) electrons. The first-order chi connectivity index (χ1) is 19.5. The van der Waals surface area contributed by atoms with Gasteiger partial charge in [0, 0.05) is 38.7 Å². The average molecular weight is 569 g/mol. The molecule has 2 fully saturated rings. The molecule has 1 saturated heterocycles. The van der Waals surface area contributed by atoms with Gasteiger partial charge in [-0.3, -0.25) is 19.3 Å². The minimum absolute atomic E-state index is 0.0568. The van der Waals surface area contributed by atoms with Crippen molar-refractivity contribution < 1.29 is 28.3 Å². The van der Waals surface area contributed by atoms with Crippen molar-refractivity contribution in [3.63, 3.8) is 0 Å². The van der Waals surface area contributed by atoms with E-state index in [2.05, 4.69) is 30.2 Å². The summed E-state index contributed by atoms with van der Waals surface area (Å²) in [6.45, 7) is 2.99. The first kappa shape index (κ1) is 26.6. The topological polar surface area (TPSA) is 163 Å². The highest BCUT2D eigenvalue weighted by Crippen LogP contribution is 2.59. The summed E-state index contributed by atoms with van der Waals surface area (Å²) in [6.07, 6.45) is 4.38. The molecule has 14 nitrogen and oxygen atoms in total. The highest BCUT2D eigenvalue weighted by atomic mass is 19.3. The Labute approximate surface area is 232 Å². The predicted molar refractivity (Wildman–Crippen MR) is 139 cm³/mol. The molecule has 3 aliphatic rings. The largest absolute Gasteiger partial charge is 0.356 e. The van der Waals surface area contributed by atoms with Crippen LogP contribution >= 0.6 is 0 Å². The summed E-state index contributed by atoms with van der Waals surface area (Å²) < 4.78 is 28.4. The highest BCUT2D eigenvalue weighted by Gasteiger charge is 2.72. The number of carbonyl (C=O) groups is 3. The number of piperidine rings is 1. The van der Waals surface area contributed by atoms with Gasteiger partial charge in [-0.15, -0.1) is 0 Å². The SMILES string of the molecule is CC(=O)CN1C(=O)c2c(ncn2[C@@H](C)C(=O)Nc2ccnc(-c3cnc(N4CC5C(C4)C5(F)F)nc3)n2)N(C)C1O. The normalized spacial score (nSPS) is 23.2. The third kappa shape index (κ3) is 4.43. The maximum Gasteiger partial charge on any atom is 0.278 e. The lowest BCUT2D eigenvalue weighted by Crippen LogP contribution is -2.55. The Balaban J connectivity index is 1.16. The number of hydrogen-bond donors (Lipinski definition) is 2. The summed E-state index contributed by atoms with van der Waals surface area (Å²) >= 11 is 0. The number of halogens is 2. The third-order valence-electron chi connectivity index (χ3n) is 7.67. The molecule has 6 rings (SSSR count). The minimum Gasteiger partial charge on any atom is -0.356 e. The van der Waals surface area contributed by atoms with E-state index in [0.717, 1.165) is 4.90 Å². The van der Waals surface area contributed by atoms with E-state index in [0.29, 0.717) is 11.5 Å². The number of aliphatic hydroxyl groups excluding tert-OH is 1. The Morgan fingerprint density at radius 1 is 1.17 bits per heavy atom. The molecule has 16 heteroatoms. The molecular formula is C25H26F2N10O4. The molecular weight excluding hydrogens is 542 g/mol. The van der Waals surface area contributed by atoms with E-state index in [1.54, 1.807) is 11.8 Å². The van der Waals surface area contributed by atoms with Crippen LogP contribution in [-0.4, -0.2) is 96.0 Å². The lowest BCUT2D eigenvalue weighted by molar-refractivity contribution is -0.120. The van der Waals surface area contributed by atoms with E-state index in [9.17, 15) is 28.3 Å². The number of amides is 2. The Morgan fingerprint density at radius 3 is 2.51 bits per heavy atom. The maximum absolute atomic E-state index is 13.5. The van der Waals surface area contributed by atoms with E-state index in [1.807, 2.05) is 0 Å². The Morgan fingerprint density at radius 2 is 1.85 bits per heavy atom. The molecule has 214 valence electrons. The van der Waals surface area contributed by atoms with Crippen molar-refractivity contribution in [1.29, 1.82) is 0 Å². The number of rotatable bonds is 7. The van der Waals surface area contributed by atoms with Gasteiger partial charge < -0.3 is 24.8 Å². The van der Waals surface area contributed by atoms with Crippen LogP contribution in [-0.2, 0) is 9.59 Å². The zero-order valence-corrected chi connectivity index (χ0v) is 22.3. The van der Waals surface area contributed by atoms with Gasteiger partial charge in [0.2, 0.25) is 18.2 Å². The number of imidazole rings is 1. The van der Waals surface area contributed by atoms with Gasteiger partial charge in [-0.05, 0) is 19.9 Å². The molecule has 41 heavy (non-hydrogen) atoms. The molecule has 3 aromatic heterocycles. The first-order valence-electron chi connectivity index (χ1n) is 12.8. The molecule has 2 aliphatic heterocycles. The molecule has 1 aliphatic carbocycles. The Bertz CT molecular complexity index is 1530. The number of hydrogen-bond acceptors (Lipinski definition) is 11. The van der Waals surface area contributed by atoms with E-state index >= 15 is 0 Å². The number of alkyl halides is 2. The molecule has 3 unspecified atom stereocenters. The van der Waals surface area contributed by atoms with Crippen molar-refractivity contribution in [3.8, 4) is 11.4 Å². The number of carbonyl (C=O) groups excluding carboxylic acids is 3. The third-order valence-corrected chi connectivity index (χ3v) is 7.67. The van der Waals surface area contributed by atoms with Crippen molar-refractivity contribution in [3.05, 3.63) is 36.7 Å². The van der Waals surface area contributed by atoms with E-state index in [4.69, 9.17) is 0 Å². The van der Waals surface area contributed by atoms with Crippen LogP contribution in [0.1, 0.15) is 30.4 Å². The number of nitrogens with one attached hydrogen (secondary N) is 1. The van der Waals surface area contributed by atoms with Gasteiger partial charge in [-0.2, -0.15) is 0 Å². The summed E-state index contributed by atoms with van der Waals surface area (Å²) in [4.78, 5) is 63.4. The molecule has 2 N–H and O–H groups in total. The zero-order chi connectivity index (χ0) is 29.2. The lowest BCUT2D eigenvalue weighted by atomic mass is 10.2. The van der Waals surface area contributed by atoms with Crippen molar-refractivity contribution in [1.82, 2.24) is 34.4 Å². The Hall–Kier alpha value is -4.60. The molecule has 2 amide bonds. The van der Waals surface area contributed by atoms with Crippen LogP contribution in [0.4, 0.5) is 26.4 Å². The fourth-order valence-corrected chi connectivity index (χ4v) is 5.26. The fraction of sp³-hybridized carbons (Fsp3) is 0.440. The molecule has 1 saturated carbocycles. The maximum atomic E-state index is 13.5. The van der Waals surface area contributed by atoms with Gasteiger partial charge in [-0.25, -0.2) is 33.7 Å². The van der Waals surface area contributed by atoms with Gasteiger partial charge >= 0.3 is 0 Å². The average Bonchev–Trinajstić information content (AvgIpc) is 3.38. The number of fused-ring (bicyclic) bond motifs is 2. The number of anilines is 3. The van der Waals surface area contributed by atoms with Crippen molar-refractivity contribution in [2.75, 3.05) is 41.8 Å². The van der Waals surface area contributed by atoms with Gasteiger partial charge in [-0.1, -0.05) is 0 Å². The standard InChI is InChI=1S/C25H26F2N10O4/c1-12(38)8-36-22(40)18-20(34(3)24(36)41)31-11-37(18)13(2)21(39)33-17-4-5-28-19(32-17)14-6-29-23(30-7-14)35-9-15-16(10-35)25(15,26)27/h4-7,11,13,15-16,24,41H,8-10H2,1-3H3,(H,28,32,33,39)/t13-,15?,16?,24?/m0/s1. The summed E-state index contributed by atoms with van der Waals surface area (Å²) in [7, 11) is 1.52. The molecule has 5 heterocycles. The van der Waals surface area contributed by atoms with Gasteiger partial charge in [0.05, 0.1) is 30.3 Å². The van der Waals surface area contributed by atoms with Crippen LogP contribution in [0.25, 0.3) is 11.4 Å². The van der Waals surface area contributed by atoms with Crippen molar-refractivity contribution in [2.24, 2.45) is 11.8 Å². The second kappa shape index (κ2) is 9.50. The van der Waals surface area contributed by atoms with Gasteiger partial charge in [0.1, 0.15) is 17.6 Å². The quantitative estimate of drug-likeness (QED) is 0.414. The monoisotopic (exact) mass is 568 g/mol. The predicted octanol–water partition coefficient (Wildman–Crippen LogP) is 0.788. The molecule has 0 spiro atoms. The Kier molecular flexibility index (Phi) is 6.17. The van der Waals surface area contributed by atoms with Gasteiger partial charge in [0.25, 0.3) is 11.8 Å². The van der Waals surface area contributed by atoms with E-state index < -0.39 is 42.0 Å². The fourth-order valence-electron chi connectivity index (χ4n) is 5.26. The highest BCUT2D eigenvalue weighted by molar-refractivity contribution is 6.02. The van der Waals surface area contributed by atoms with Crippen molar-refractivity contribution >= 4 is 35.2 Å². The number of aliphatic hydroxyl groups is 1. The minimum atomic E-state index is -2.59. The molecule has 0 aromatic carbocycles. The van der Waals surface area contributed by atoms with Crippen molar-refractivity contribution in [2.45, 2.75) is 32.2 Å². The number of aromatic nitrogens is 6. The molecule has 3 aromatic rings. The second-order valence-corrected chi connectivity index (χ2v) is 10.4. The van der Waals surface area contributed by atoms with Gasteiger partial charge in [0.15, 0.2) is 17.3 Å². The lowest BCUT2D eigenvalue weighted by Gasteiger charge is -2.38. The zero-order valence-electron chi connectivity index (χ0n) is 22.3. The summed E-state index contributed by atoms with van der Waals surface area (Å²) in [5, 5.41) is 13.2. The smallest absolute Gasteiger partial charge is 0.278 e. The summed E-state index contributed by atoms with van der Waals surface area (Å²) in [5.41, 5.74) is 0.523. The van der Waals surface area contributed by atoms with E-state index in [1.165, 1.54) is 54.4 Å². The van der Waals surface area contributed by atoms with Crippen LogP contribution < -0.4 is 15.1 Å². The number of Topliss-reactive ketones (excluding diaryl/α,β-unsaturated/α-hetero) is 1. The van der Waals surface area contributed by atoms with Crippen LogP contribution in [0.5, 0.6) is 0 Å². The van der Waals surface area contributed by atoms with Crippen LogP contribution in [0.15, 0.2) is 31.0 Å². The number of nitrogens with zero attached hydrogens (tertiary/aromatic N) is 9. The summed E-state index contributed by atoms with van der Waals surface area (Å²) in [6, 6.07) is 0.575. The second-order valence-electron chi connectivity index (χ2n) is 10.4. The number of ketones is 1. The summed E-state index contributed by atoms with van der Waals surface area (Å²) in [5.74, 6) is -4.38. The first-order valence-corrected chi connectivity index (χ1v) is 12.8. The van der Waals surface area contributed by atoms with Crippen LogP contribution in [0.3, 0.4) is 0 Å².